The van der Waals surface area contributed by atoms with Crippen molar-refractivity contribution in [2.45, 2.75) is 34.1 Å². The van der Waals surface area contributed by atoms with E-state index in [2.05, 4.69) is 26.2 Å². The molecule has 12 nitrogen and oxygen atoms in total. The Morgan fingerprint density at radius 1 is 0.976 bits per heavy atom. The molecule has 0 unspecified atom stereocenters. The number of nitrogens with zero attached hydrogens (tertiary/aromatic N) is 3. The zero-order valence-electron chi connectivity index (χ0n) is 23.1. The second-order valence-corrected chi connectivity index (χ2v) is 10.4. The molecule has 0 bridgehead atoms. The zero-order chi connectivity index (χ0) is 31.1. The van der Waals surface area contributed by atoms with Crippen molar-refractivity contribution in [3.05, 3.63) is 99.6 Å². The van der Waals surface area contributed by atoms with Gasteiger partial charge >= 0.3 is 11.6 Å². The van der Waals surface area contributed by atoms with E-state index < -0.39 is 11.2 Å². The predicted molar refractivity (Wildman–Crippen MR) is 166 cm³/mol. The number of fused-ring (bicyclic) bond motifs is 1. The first kappa shape index (κ1) is 33.9. The predicted octanol–water partition coefficient (Wildman–Crippen LogP) is 5.53. The summed E-state index contributed by atoms with van der Waals surface area (Å²) < 4.78 is 4.99. The largest absolute Gasteiger partial charge is 0.411 e. The van der Waals surface area contributed by atoms with Gasteiger partial charge in [0.25, 0.3) is 5.56 Å². The molecule has 0 aliphatic rings. The highest BCUT2D eigenvalue weighted by molar-refractivity contribution is 7.08. The van der Waals surface area contributed by atoms with Gasteiger partial charge in [-0.2, -0.15) is 39.0 Å². The van der Waals surface area contributed by atoms with E-state index in [0.717, 1.165) is 16.7 Å². The maximum Gasteiger partial charge on any atom is 0.337 e. The van der Waals surface area contributed by atoms with Crippen LogP contribution in [0.4, 0.5) is 0 Å². The minimum absolute atomic E-state index is 0.0588. The lowest BCUT2D eigenvalue weighted by Gasteiger charge is -2.03. The molecule has 0 radical (unpaired) electrons. The smallest absolute Gasteiger partial charge is 0.337 e. The highest BCUT2D eigenvalue weighted by Crippen LogP contribution is 2.14. The van der Waals surface area contributed by atoms with Crippen molar-refractivity contribution in [3.63, 3.8) is 0 Å². The first-order chi connectivity index (χ1) is 20.2. The number of H-pyrrole nitrogens is 1. The Morgan fingerprint density at radius 3 is 1.98 bits per heavy atom. The van der Waals surface area contributed by atoms with E-state index in [1.807, 2.05) is 57.4 Å². The Hall–Kier alpha value is -4.28. The lowest BCUT2D eigenvalue weighted by atomic mass is 10.1. The molecule has 5 N–H and O–H groups in total. The Bertz CT molecular complexity index is 1710. The topological polar surface area (TPSA) is 193 Å². The average Bonchev–Trinajstić information content (AvgIpc) is 3.80. The minimum atomic E-state index is -0.559. The molecule has 0 saturated heterocycles. The minimum Gasteiger partial charge on any atom is -0.411 e. The number of aryl methyl sites for hydroxylation is 1. The Morgan fingerprint density at radius 2 is 1.52 bits per heavy atom. The van der Waals surface area contributed by atoms with Gasteiger partial charge in [0, 0.05) is 28.1 Å². The molecule has 0 atom stereocenters. The number of thiophene rings is 3. The number of ketones is 1. The number of carbonyl (C=O) groups excluding carboxylic acids is 1. The van der Waals surface area contributed by atoms with Crippen LogP contribution in [-0.2, 0) is 6.42 Å². The van der Waals surface area contributed by atoms with Crippen LogP contribution in [0.25, 0.3) is 11.1 Å². The summed E-state index contributed by atoms with van der Waals surface area (Å²) in [5, 5.41) is 33.5. The van der Waals surface area contributed by atoms with Crippen LogP contribution in [0.1, 0.15) is 54.7 Å². The standard InChI is InChI=1S/C15H13N3O4S.C6H7NOS.C6H6OS.H3NO/c1-3-9-6-11(19)21-14-12(9)13(20)16-15(17-14)22-18-8(2)10-4-5-23-7-10;1-5(7-8)6-2-3-9-4-6;1-5(7)6-2-3-8-4-6;1-2/h4-7H,3H2,1-2H3,(H,16,17,20);2-4,8H,1H3;2-4H,1H3;2H,1H2/b18-8+;7-5+;;. The van der Waals surface area contributed by atoms with Crippen molar-refractivity contribution >= 4 is 62.3 Å². The number of nitrogens with two attached hydrogens (primary N) is 1. The fourth-order valence-corrected chi connectivity index (χ4v) is 5.17. The van der Waals surface area contributed by atoms with Crippen molar-refractivity contribution in [2.75, 3.05) is 0 Å². The van der Waals surface area contributed by atoms with Crippen molar-refractivity contribution in [2.24, 2.45) is 16.2 Å². The van der Waals surface area contributed by atoms with Gasteiger partial charge in [0.05, 0.1) is 11.4 Å². The zero-order valence-corrected chi connectivity index (χ0v) is 25.5. The summed E-state index contributed by atoms with van der Waals surface area (Å²) in [7, 11) is 0. The van der Waals surface area contributed by atoms with Crippen molar-refractivity contribution < 1.29 is 24.5 Å². The third-order valence-electron chi connectivity index (χ3n) is 5.28. The molecule has 0 fully saturated rings. The molecule has 42 heavy (non-hydrogen) atoms. The summed E-state index contributed by atoms with van der Waals surface area (Å²) in [5.74, 6) is 3.64. The van der Waals surface area contributed by atoms with E-state index in [-0.39, 0.29) is 22.9 Å². The van der Waals surface area contributed by atoms with Gasteiger partial charge < -0.3 is 19.7 Å². The number of rotatable bonds is 6. The molecule has 5 rings (SSSR count). The van der Waals surface area contributed by atoms with Gasteiger partial charge in [0.1, 0.15) is 5.39 Å². The summed E-state index contributed by atoms with van der Waals surface area (Å²) in [6, 6.07) is 6.80. The van der Waals surface area contributed by atoms with Crippen molar-refractivity contribution in [3.8, 4) is 6.01 Å². The number of Topliss-reactive ketones (excluding diaryl/α,β-unsaturated/α-hetero) is 1. The molecule has 15 heteroatoms. The Balaban J connectivity index is 0.000000265. The number of oxime groups is 2. The maximum atomic E-state index is 12.2. The van der Waals surface area contributed by atoms with Crippen LogP contribution in [0, 0.1) is 0 Å². The number of aromatic nitrogens is 2. The number of hydrogen-bond acceptors (Lipinski definition) is 14. The first-order valence-electron chi connectivity index (χ1n) is 12.0. The fourth-order valence-electron chi connectivity index (χ4n) is 3.08. The van der Waals surface area contributed by atoms with Crippen LogP contribution in [-0.4, -0.2) is 37.6 Å². The second kappa shape index (κ2) is 17.5. The van der Waals surface area contributed by atoms with E-state index >= 15 is 0 Å². The summed E-state index contributed by atoms with van der Waals surface area (Å²) in [5.41, 5.74) is 3.54. The lowest BCUT2D eigenvalue weighted by Crippen LogP contribution is -2.14. The number of carbonyl (C=O) groups is 1. The van der Waals surface area contributed by atoms with Gasteiger partial charge in [-0.15, -0.1) is 0 Å². The molecule has 5 heterocycles. The lowest BCUT2D eigenvalue weighted by molar-refractivity contribution is 0.101. The number of aromatic amines is 1. The molecule has 222 valence electrons. The van der Waals surface area contributed by atoms with E-state index in [0.29, 0.717) is 23.4 Å². The normalized spacial score (nSPS) is 10.9. The summed E-state index contributed by atoms with van der Waals surface area (Å²) in [6.45, 7) is 6.95. The third-order valence-corrected chi connectivity index (χ3v) is 7.33. The molecule has 0 spiro atoms. The highest BCUT2D eigenvalue weighted by Gasteiger charge is 2.12. The number of hydrogen-bond donors (Lipinski definition) is 4. The van der Waals surface area contributed by atoms with Gasteiger partial charge in [0.2, 0.25) is 5.71 Å². The molecule has 0 aliphatic heterocycles. The molecule has 0 saturated carbocycles. The average molecular weight is 632 g/mol. The molecule has 0 amide bonds. The van der Waals surface area contributed by atoms with Gasteiger partial charge in [-0.3, -0.25) is 14.6 Å². The molecule has 0 aromatic carbocycles. The molecule has 5 aromatic rings. The molecule has 5 aromatic heterocycles. The van der Waals surface area contributed by atoms with E-state index in [9.17, 15) is 14.4 Å². The van der Waals surface area contributed by atoms with E-state index in [1.165, 1.54) is 6.07 Å². The molecule has 0 aliphatic carbocycles. The summed E-state index contributed by atoms with van der Waals surface area (Å²) >= 11 is 4.68. The van der Waals surface area contributed by atoms with Gasteiger partial charge in [-0.25, -0.2) is 10.7 Å². The quantitative estimate of drug-likeness (QED) is 0.0806. The Labute approximate surface area is 252 Å². The number of nitrogens with one attached hydrogen (secondary N) is 1. The van der Waals surface area contributed by atoms with E-state index in [4.69, 9.17) is 19.7 Å². The first-order valence-corrected chi connectivity index (χ1v) is 14.9. The van der Waals surface area contributed by atoms with Gasteiger partial charge in [-0.05, 0) is 77.9 Å². The molecular formula is C27H29N5O7S3. The fraction of sp³-hybridized carbons (Fsp3) is 0.185. The second-order valence-electron chi connectivity index (χ2n) is 8.04. The van der Waals surface area contributed by atoms with Crippen molar-refractivity contribution in [1.82, 2.24) is 9.97 Å². The molecular weight excluding hydrogens is 603 g/mol. The van der Waals surface area contributed by atoms with Crippen LogP contribution in [0.2, 0.25) is 0 Å². The van der Waals surface area contributed by atoms with Crippen LogP contribution < -0.4 is 21.9 Å². The van der Waals surface area contributed by atoms with E-state index in [1.54, 1.807) is 54.8 Å². The van der Waals surface area contributed by atoms with Gasteiger partial charge in [0.15, 0.2) is 5.78 Å². The monoisotopic (exact) mass is 631 g/mol. The highest BCUT2D eigenvalue weighted by atomic mass is 32.1. The van der Waals surface area contributed by atoms with Gasteiger partial charge in [-0.1, -0.05) is 17.2 Å². The van der Waals surface area contributed by atoms with Crippen molar-refractivity contribution in [1.29, 1.82) is 0 Å². The van der Waals surface area contributed by atoms with Crippen LogP contribution in [0.15, 0.2) is 80.9 Å². The van der Waals surface area contributed by atoms with Crippen LogP contribution >= 0.6 is 34.0 Å². The van der Waals surface area contributed by atoms with Crippen LogP contribution in [0.3, 0.4) is 0 Å². The Kier molecular flexibility index (Phi) is 14.1. The SMILES string of the molecule is C/C(=N\O)c1ccsc1.CC(=O)c1ccsc1.CCc1cc(=O)oc2nc(O/N=C(\C)c3ccsc3)[nH]c(=O)c12.NO. The summed E-state index contributed by atoms with van der Waals surface area (Å²) in [6.07, 6.45) is 0.516. The third kappa shape index (κ3) is 9.97. The maximum absolute atomic E-state index is 12.2. The summed E-state index contributed by atoms with van der Waals surface area (Å²) in [4.78, 5) is 45.9. The van der Waals surface area contributed by atoms with Crippen LogP contribution in [0.5, 0.6) is 6.01 Å².